The molecular formula is C14H13N3O2. The third kappa shape index (κ3) is 2.49. The molecule has 0 bridgehead atoms. The van der Waals surface area contributed by atoms with Crippen LogP contribution in [0.4, 0.5) is 0 Å². The van der Waals surface area contributed by atoms with Crippen molar-refractivity contribution in [2.75, 3.05) is 6.54 Å². The molecule has 0 atom stereocenters. The van der Waals surface area contributed by atoms with Crippen LogP contribution in [0.2, 0.25) is 0 Å². The van der Waals surface area contributed by atoms with E-state index in [1.165, 1.54) is 0 Å². The molecule has 19 heavy (non-hydrogen) atoms. The van der Waals surface area contributed by atoms with Crippen LogP contribution >= 0.6 is 0 Å². The zero-order valence-corrected chi connectivity index (χ0v) is 10.2. The van der Waals surface area contributed by atoms with Gasteiger partial charge in [-0.25, -0.2) is 4.98 Å². The number of benzene rings is 1. The van der Waals surface area contributed by atoms with Crippen LogP contribution in [0.3, 0.4) is 0 Å². The molecule has 2 N–H and O–H groups in total. The molecule has 0 saturated heterocycles. The van der Waals surface area contributed by atoms with E-state index in [1.54, 1.807) is 18.6 Å². The third-order valence-corrected chi connectivity index (χ3v) is 2.88. The van der Waals surface area contributed by atoms with Crippen LogP contribution in [0.1, 0.15) is 16.2 Å². The summed E-state index contributed by atoms with van der Waals surface area (Å²) in [5.41, 5.74) is 1.71. The fraction of sp³-hybridized carbons (Fsp3) is 0.143. The molecule has 2 heterocycles. The minimum Gasteiger partial charge on any atom is -0.451 e. The summed E-state index contributed by atoms with van der Waals surface area (Å²) in [5.74, 6) is 0.140. The molecule has 0 aliphatic heterocycles. The summed E-state index contributed by atoms with van der Waals surface area (Å²) in [4.78, 5) is 18.8. The maximum atomic E-state index is 11.9. The molecule has 0 spiro atoms. The summed E-state index contributed by atoms with van der Waals surface area (Å²) in [6, 6.07) is 9.31. The number of carbonyl (C=O) groups excluding carboxylic acids is 1. The van der Waals surface area contributed by atoms with Gasteiger partial charge in [-0.1, -0.05) is 18.2 Å². The number of furan rings is 1. The number of imidazole rings is 1. The van der Waals surface area contributed by atoms with Gasteiger partial charge in [0.2, 0.25) is 0 Å². The highest BCUT2D eigenvalue weighted by Gasteiger charge is 2.11. The van der Waals surface area contributed by atoms with Crippen molar-refractivity contribution in [1.82, 2.24) is 15.3 Å². The number of para-hydroxylation sites is 1. The molecule has 0 saturated carbocycles. The molecule has 0 aliphatic rings. The molecule has 3 aromatic rings. The number of hydrogen-bond donors (Lipinski definition) is 2. The Morgan fingerprint density at radius 1 is 1.37 bits per heavy atom. The predicted octanol–water partition coefficient (Wildman–Crippen LogP) is 2.13. The highest BCUT2D eigenvalue weighted by atomic mass is 16.3. The fourth-order valence-corrected chi connectivity index (χ4v) is 1.91. The first-order chi connectivity index (χ1) is 9.33. The number of fused-ring (bicyclic) bond motifs is 1. The Balaban J connectivity index is 1.63. The smallest absolute Gasteiger partial charge is 0.287 e. The molecule has 3 rings (SSSR count). The number of rotatable bonds is 4. The largest absolute Gasteiger partial charge is 0.451 e. The lowest BCUT2D eigenvalue weighted by Crippen LogP contribution is -2.25. The van der Waals surface area contributed by atoms with Crippen LogP contribution in [0.25, 0.3) is 11.0 Å². The van der Waals surface area contributed by atoms with Crippen molar-refractivity contribution in [3.05, 3.63) is 54.3 Å². The molecule has 0 radical (unpaired) electrons. The van der Waals surface area contributed by atoms with Crippen molar-refractivity contribution in [2.24, 2.45) is 0 Å². The molecule has 0 fully saturated rings. The number of aromatic nitrogens is 2. The van der Waals surface area contributed by atoms with Crippen molar-refractivity contribution in [3.63, 3.8) is 0 Å². The molecule has 0 unspecified atom stereocenters. The second-order valence-corrected chi connectivity index (χ2v) is 4.23. The van der Waals surface area contributed by atoms with Gasteiger partial charge in [-0.3, -0.25) is 4.79 Å². The summed E-state index contributed by atoms with van der Waals surface area (Å²) < 4.78 is 5.49. The first kappa shape index (κ1) is 11.5. The van der Waals surface area contributed by atoms with Gasteiger partial charge in [0.1, 0.15) is 5.58 Å². The van der Waals surface area contributed by atoms with Gasteiger partial charge in [0, 0.05) is 30.2 Å². The van der Waals surface area contributed by atoms with Crippen LogP contribution in [0, 0.1) is 0 Å². The van der Waals surface area contributed by atoms with Crippen LogP contribution < -0.4 is 5.32 Å². The van der Waals surface area contributed by atoms with Gasteiger partial charge < -0.3 is 14.7 Å². The Labute approximate surface area is 109 Å². The fourth-order valence-electron chi connectivity index (χ4n) is 1.91. The summed E-state index contributed by atoms with van der Waals surface area (Å²) in [5, 5.41) is 3.75. The predicted molar refractivity (Wildman–Crippen MR) is 70.8 cm³/mol. The first-order valence-electron chi connectivity index (χ1n) is 6.07. The number of aromatic amines is 1. The topological polar surface area (TPSA) is 70.9 Å². The van der Waals surface area contributed by atoms with E-state index in [2.05, 4.69) is 15.3 Å². The van der Waals surface area contributed by atoms with Gasteiger partial charge in [0.05, 0.1) is 6.33 Å². The second-order valence-electron chi connectivity index (χ2n) is 4.23. The normalized spacial score (nSPS) is 10.7. The number of hydrogen-bond acceptors (Lipinski definition) is 3. The molecule has 0 aliphatic carbocycles. The number of carbonyl (C=O) groups is 1. The summed E-state index contributed by atoms with van der Waals surface area (Å²) in [7, 11) is 0. The summed E-state index contributed by atoms with van der Waals surface area (Å²) >= 11 is 0. The number of nitrogens with one attached hydrogen (secondary N) is 2. The van der Waals surface area contributed by atoms with Crippen molar-refractivity contribution in [1.29, 1.82) is 0 Å². The Kier molecular flexibility index (Phi) is 3.02. The van der Waals surface area contributed by atoms with Crippen molar-refractivity contribution >= 4 is 16.9 Å². The number of nitrogens with zero attached hydrogens (tertiary/aromatic N) is 1. The minimum atomic E-state index is -0.198. The van der Waals surface area contributed by atoms with Gasteiger partial charge in [0.25, 0.3) is 5.91 Å². The van der Waals surface area contributed by atoms with Gasteiger partial charge in [0.15, 0.2) is 5.76 Å². The lowest BCUT2D eigenvalue weighted by molar-refractivity contribution is 0.0928. The first-order valence-corrected chi connectivity index (χ1v) is 6.07. The maximum absolute atomic E-state index is 11.9. The van der Waals surface area contributed by atoms with Gasteiger partial charge in [-0.05, 0) is 12.1 Å². The van der Waals surface area contributed by atoms with Gasteiger partial charge >= 0.3 is 0 Å². The number of H-pyrrole nitrogens is 1. The van der Waals surface area contributed by atoms with E-state index in [4.69, 9.17) is 4.42 Å². The van der Waals surface area contributed by atoms with Gasteiger partial charge in [-0.15, -0.1) is 0 Å². The SMILES string of the molecule is O=C(NCCc1cnc[nH]1)c1cc2ccccc2o1. The lowest BCUT2D eigenvalue weighted by atomic mass is 10.2. The molecule has 1 aromatic carbocycles. The zero-order valence-electron chi connectivity index (χ0n) is 10.2. The average Bonchev–Trinajstić information content (AvgIpc) is 3.07. The molecule has 5 nitrogen and oxygen atoms in total. The quantitative estimate of drug-likeness (QED) is 0.750. The Hall–Kier alpha value is -2.56. The van der Waals surface area contributed by atoms with E-state index >= 15 is 0 Å². The van der Waals surface area contributed by atoms with Crippen molar-refractivity contribution in [2.45, 2.75) is 6.42 Å². The van der Waals surface area contributed by atoms with Crippen LogP contribution in [-0.4, -0.2) is 22.4 Å². The highest BCUT2D eigenvalue weighted by Crippen LogP contribution is 2.18. The monoisotopic (exact) mass is 255 g/mol. The van der Waals surface area contributed by atoms with E-state index in [0.29, 0.717) is 18.7 Å². The van der Waals surface area contributed by atoms with E-state index in [9.17, 15) is 4.79 Å². The molecule has 5 heteroatoms. The molecule has 2 aromatic heterocycles. The average molecular weight is 255 g/mol. The van der Waals surface area contributed by atoms with E-state index in [1.807, 2.05) is 24.3 Å². The van der Waals surface area contributed by atoms with E-state index < -0.39 is 0 Å². The number of amides is 1. The Morgan fingerprint density at radius 2 is 2.26 bits per heavy atom. The van der Waals surface area contributed by atoms with Gasteiger partial charge in [-0.2, -0.15) is 0 Å². The van der Waals surface area contributed by atoms with Crippen LogP contribution in [0.5, 0.6) is 0 Å². The zero-order chi connectivity index (χ0) is 13.1. The second kappa shape index (κ2) is 4.97. The molecular weight excluding hydrogens is 242 g/mol. The minimum absolute atomic E-state index is 0.198. The standard InChI is InChI=1S/C14H13N3O2/c18-14(16-6-5-11-8-15-9-17-11)13-7-10-3-1-2-4-12(10)19-13/h1-4,7-9H,5-6H2,(H,15,17)(H,16,18). The Bertz CT molecular complexity index is 653. The van der Waals surface area contributed by atoms with Crippen molar-refractivity contribution < 1.29 is 9.21 Å². The van der Waals surface area contributed by atoms with E-state index in [-0.39, 0.29) is 5.91 Å². The third-order valence-electron chi connectivity index (χ3n) is 2.88. The molecule has 1 amide bonds. The Morgan fingerprint density at radius 3 is 3.05 bits per heavy atom. The summed E-state index contributed by atoms with van der Waals surface area (Å²) in [6.07, 6.45) is 4.08. The van der Waals surface area contributed by atoms with Crippen LogP contribution in [-0.2, 0) is 6.42 Å². The maximum Gasteiger partial charge on any atom is 0.287 e. The summed E-state index contributed by atoms with van der Waals surface area (Å²) in [6.45, 7) is 0.540. The molecule has 96 valence electrons. The van der Waals surface area contributed by atoms with Crippen LogP contribution in [0.15, 0.2) is 47.3 Å². The lowest BCUT2D eigenvalue weighted by Gasteiger charge is -2.01. The van der Waals surface area contributed by atoms with E-state index in [0.717, 1.165) is 16.7 Å². The van der Waals surface area contributed by atoms with Crippen molar-refractivity contribution in [3.8, 4) is 0 Å². The highest BCUT2D eigenvalue weighted by molar-refractivity contribution is 5.96.